The first kappa shape index (κ1) is 15.8. The van der Waals surface area contributed by atoms with E-state index in [-0.39, 0.29) is 16.7 Å². The molecule has 2 rings (SSSR count). The third-order valence-corrected chi connectivity index (χ3v) is 4.26. The molecule has 3 N–H and O–H groups in total. The molecule has 0 radical (unpaired) electrons. The number of sulfonamides is 1. The van der Waals surface area contributed by atoms with Crippen molar-refractivity contribution in [2.24, 2.45) is 11.1 Å². The van der Waals surface area contributed by atoms with E-state index >= 15 is 0 Å². The van der Waals surface area contributed by atoms with Gasteiger partial charge in [0.15, 0.2) is 0 Å². The lowest BCUT2D eigenvalue weighted by molar-refractivity contribution is -0.122. The van der Waals surface area contributed by atoms with Gasteiger partial charge in [-0.15, -0.1) is 0 Å². The maximum Gasteiger partial charge on any atom is 0.238 e. The zero-order chi connectivity index (χ0) is 15.5. The summed E-state index contributed by atoms with van der Waals surface area (Å²) in [7, 11) is -3.70. The first-order valence-corrected chi connectivity index (χ1v) is 8.52. The molecule has 0 aromatic heterocycles. The molecule has 1 fully saturated rings. The second-order valence-electron chi connectivity index (χ2n) is 5.08. The van der Waals surface area contributed by atoms with E-state index in [1.165, 1.54) is 12.1 Å². The van der Waals surface area contributed by atoms with E-state index in [2.05, 4.69) is 5.32 Å². The van der Waals surface area contributed by atoms with Gasteiger partial charge in [-0.25, -0.2) is 13.6 Å². The van der Waals surface area contributed by atoms with Crippen LogP contribution in [0.3, 0.4) is 0 Å². The van der Waals surface area contributed by atoms with E-state index in [0.29, 0.717) is 25.3 Å². The molecular weight excluding hydrogens is 292 g/mol. The minimum absolute atomic E-state index is 0.0775. The molecule has 1 aliphatic carbocycles. The van der Waals surface area contributed by atoms with Crippen molar-refractivity contribution in [3.8, 4) is 5.75 Å². The monoisotopic (exact) mass is 312 g/mol. The number of carbonyl (C=O) groups is 1. The van der Waals surface area contributed by atoms with Crippen LogP contribution in [0.25, 0.3) is 0 Å². The molecule has 0 saturated heterocycles. The Morgan fingerprint density at radius 1 is 1.43 bits per heavy atom. The standard InChI is InChI=1S/C14H20N2O4S/c1-2-10-9-12(21(15,18)19)5-6-13(10)20-8-7-16-14(17)11-3-4-11/h5-6,9,11H,2-4,7-8H2,1H3,(H,16,17)(H2,15,18,19). The lowest BCUT2D eigenvalue weighted by Gasteiger charge is -2.12. The van der Waals surface area contributed by atoms with Gasteiger partial charge in [-0.05, 0) is 43.0 Å². The third-order valence-electron chi connectivity index (χ3n) is 3.35. The molecule has 6 nitrogen and oxygen atoms in total. The van der Waals surface area contributed by atoms with Crippen LogP contribution in [0.2, 0.25) is 0 Å². The summed E-state index contributed by atoms with van der Waals surface area (Å²) in [6.07, 6.45) is 2.58. The normalized spacial score (nSPS) is 14.8. The number of hydrogen-bond acceptors (Lipinski definition) is 4. The topological polar surface area (TPSA) is 98.5 Å². The maximum absolute atomic E-state index is 11.4. The third kappa shape index (κ3) is 4.44. The average Bonchev–Trinajstić information content (AvgIpc) is 3.26. The minimum atomic E-state index is -3.70. The molecule has 1 aliphatic rings. The number of amides is 1. The molecule has 0 bridgehead atoms. The zero-order valence-corrected chi connectivity index (χ0v) is 12.8. The Morgan fingerprint density at radius 3 is 2.71 bits per heavy atom. The number of carbonyl (C=O) groups excluding carboxylic acids is 1. The molecule has 0 atom stereocenters. The van der Waals surface area contributed by atoms with Gasteiger partial charge in [-0.2, -0.15) is 0 Å². The molecule has 1 aromatic rings. The lowest BCUT2D eigenvalue weighted by Crippen LogP contribution is -2.29. The summed E-state index contributed by atoms with van der Waals surface area (Å²) < 4.78 is 28.2. The predicted molar refractivity (Wildman–Crippen MR) is 78.4 cm³/mol. The van der Waals surface area contributed by atoms with Gasteiger partial charge in [-0.1, -0.05) is 6.92 Å². The number of aryl methyl sites for hydroxylation is 1. The van der Waals surface area contributed by atoms with Crippen LogP contribution in [0, 0.1) is 5.92 Å². The van der Waals surface area contributed by atoms with Crippen molar-refractivity contribution in [2.45, 2.75) is 31.1 Å². The highest BCUT2D eigenvalue weighted by Crippen LogP contribution is 2.28. The Labute approximate surface area is 124 Å². The van der Waals surface area contributed by atoms with Gasteiger partial charge in [0.2, 0.25) is 15.9 Å². The Morgan fingerprint density at radius 2 is 2.14 bits per heavy atom. The van der Waals surface area contributed by atoms with E-state index in [0.717, 1.165) is 18.4 Å². The summed E-state index contributed by atoms with van der Waals surface area (Å²) in [5, 5.41) is 7.91. The van der Waals surface area contributed by atoms with Crippen molar-refractivity contribution in [3.63, 3.8) is 0 Å². The number of nitrogens with one attached hydrogen (secondary N) is 1. The van der Waals surface area contributed by atoms with Gasteiger partial charge in [0.25, 0.3) is 0 Å². The zero-order valence-electron chi connectivity index (χ0n) is 12.0. The maximum atomic E-state index is 11.4. The van der Waals surface area contributed by atoms with E-state index in [1.807, 2.05) is 6.92 Å². The SMILES string of the molecule is CCc1cc(S(N)(=O)=O)ccc1OCCNC(=O)C1CC1. The van der Waals surface area contributed by atoms with Crippen LogP contribution in [0.1, 0.15) is 25.3 Å². The minimum Gasteiger partial charge on any atom is -0.491 e. The van der Waals surface area contributed by atoms with Crippen LogP contribution < -0.4 is 15.2 Å². The molecule has 21 heavy (non-hydrogen) atoms. The summed E-state index contributed by atoms with van der Waals surface area (Å²) in [5.74, 6) is 0.884. The lowest BCUT2D eigenvalue weighted by atomic mass is 10.1. The smallest absolute Gasteiger partial charge is 0.238 e. The van der Waals surface area contributed by atoms with Crippen LogP contribution in [0.15, 0.2) is 23.1 Å². The van der Waals surface area contributed by atoms with Crippen molar-refractivity contribution < 1.29 is 17.9 Å². The van der Waals surface area contributed by atoms with Crippen molar-refractivity contribution in [2.75, 3.05) is 13.2 Å². The molecule has 0 heterocycles. The Hall–Kier alpha value is -1.60. The van der Waals surface area contributed by atoms with Crippen molar-refractivity contribution in [1.29, 1.82) is 0 Å². The fraction of sp³-hybridized carbons (Fsp3) is 0.500. The summed E-state index contributed by atoms with van der Waals surface area (Å²) in [4.78, 5) is 11.5. The van der Waals surface area contributed by atoms with E-state index in [1.54, 1.807) is 6.07 Å². The summed E-state index contributed by atoms with van der Waals surface area (Å²) in [5.41, 5.74) is 0.773. The number of rotatable bonds is 7. The van der Waals surface area contributed by atoms with E-state index in [9.17, 15) is 13.2 Å². The van der Waals surface area contributed by atoms with Crippen LogP contribution >= 0.6 is 0 Å². The molecule has 0 spiro atoms. The summed E-state index contributed by atoms with van der Waals surface area (Å²) in [6, 6.07) is 4.54. The first-order chi connectivity index (χ1) is 9.91. The second-order valence-corrected chi connectivity index (χ2v) is 6.64. The highest BCUT2D eigenvalue weighted by atomic mass is 32.2. The number of benzene rings is 1. The molecule has 7 heteroatoms. The van der Waals surface area contributed by atoms with Crippen molar-refractivity contribution in [3.05, 3.63) is 23.8 Å². The summed E-state index contributed by atoms with van der Waals surface area (Å²) >= 11 is 0. The second kappa shape index (κ2) is 6.44. The van der Waals surface area contributed by atoms with E-state index in [4.69, 9.17) is 9.88 Å². The Kier molecular flexibility index (Phi) is 4.84. The van der Waals surface area contributed by atoms with Crippen LogP contribution in [0.5, 0.6) is 5.75 Å². The van der Waals surface area contributed by atoms with Gasteiger partial charge >= 0.3 is 0 Å². The average molecular weight is 312 g/mol. The molecule has 1 aromatic carbocycles. The molecule has 0 aliphatic heterocycles. The summed E-state index contributed by atoms with van der Waals surface area (Å²) in [6.45, 7) is 2.69. The largest absolute Gasteiger partial charge is 0.491 e. The quantitative estimate of drug-likeness (QED) is 0.728. The van der Waals surface area contributed by atoms with Crippen LogP contribution in [0.4, 0.5) is 0 Å². The molecule has 116 valence electrons. The van der Waals surface area contributed by atoms with Crippen molar-refractivity contribution in [1.82, 2.24) is 5.32 Å². The van der Waals surface area contributed by atoms with E-state index < -0.39 is 10.0 Å². The number of primary sulfonamides is 1. The fourth-order valence-electron chi connectivity index (χ4n) is 1.97. The van der Waals surface area contributed by atoms with Crippen LogP contribution in [-0.2, 0) is 21.2 Å². The van der Waals surface area contributed by atoms with Gasteiger partial charge in [0.1, 0.15) is 12.4 Å². The number of hydrogen-bond donors (Lipinski definition) is 2. The molecule has 0 unspecified atom stereocenters. The number of ether oxygens (including phenoxy) is 1. The van der Waals surface area contributed by atoms with Crippen molar-refractivity contribution >= 4 is 15.9 Å². The van der Waals surface area contributed by atoms with Gasteiger partial charge in [0, 0.05) is 5.92 Å². The number of nitrogens with two attached hydrogens (primary N) is 1. The van der Waals surface area contributed by atoms with Gasteiger partial charge in [-0.3, -0.25) is 4.79 Å². The van der Waals surface area contributed by atoms with Crippen LogP contribution in [-0.4, -0.2) is 27.5 Å². The van der Waals surface area contributed by atoms with Gasteiger partial charge in [0.05, 0.1) is 11.4 Å². The Balaban J connectivity index is 1.91. The van der Waals surface area contributed by atoms with Gasteiger partial charge < -0.3 is 10.1 Å². The molecular formula is C14H20N2O4S. The highest BCUT2D eigenvalue weighted by Gasteiger charge is 2.29. The Bertz CT molecular complexity index is 624. The molecule has 1 amide bonds. The highest BCUT2D eigenvalue weighted by molar-refractivity contribution is 7.89. The predicted octanol–water partition coefficient (Wildman–Crippen LogP) is 0.801. The fourth-order valence-corrected chi connectivity index (χ4v) is 2.54. The first-order valence-electron chi connectivity index (χ1n) is 6.98. The molecule has 1 saturated carbocycles.